The van der Waals surface area contributed by atoms with E-state index in [0.717, 1.165) is 6.42 Å². The lowest BCUT2D eigenvalue weighted by Gasteiger charge is -2.15. The molecule has 1 atom stereocenters. The minimum Gasteiger partial charge on any atom is -0.355 e. The fraction of sp³-hybridized carbons (Fsp3) is 0.364. The van der Waals surface area contributed by atoms with Gasteiger partial charge in [0, 0.05) is 22.8 Å². The van der Waals surface area contributed by atoms with Crippen molar-refractivity contribution in [1.29, 1.82) is 0 Å². The lowest BCUT2D eigenvalue weighted by molar-refractivity contribution is 0.0988. The maximum Gasteiger partial charge on any atom is 0.262 e. The van der Waals surface area contributed by atoms with Crippen LogP contribution in [0.4, 0.5) is 0 Å². The van der Waals surface area contributed by atoms with Crippen LogP contribution in [-0.2, 0) is 6.54 Å². The number of hydrogen-bond acceptors (Lipinski definition) is 5. The molecule has 6 nitrogen and oxygen atoms in total. The molecular weight excluding hydrogens is 422 g/mol. The number of carbonyl (C=O) groups is 2. The van der Waals surface area contributed by atoms with Crippen molar-refractivity contribution in [2.75, 3.05) is 0 Å². The van der Waals surface area contributed by atoms with Gasteiger partial charge in [-0.15, -0.1) is 0 Å². The summed E-state index contributed by atoms with van der Waals surface area (Å²) in [6, 6.07) is 5.00. The number of aryl methyl sites for hydroxylation is 1. The number of aromatic amines is 1. The van der Waals surface area contributed by atoms with Gasteiger partial charge in [-0.25, -0.2) is 4.98 Å². The Balaban J connectivity index is 2.02. The van der Waals surface area contributed by atoms with Crippen LogP contribution in [0.15, 0.2) is 28.2 Å². The van der Waals surface area contributed by atoms with E-state index in [2.05, 4.69) is 9.97 Å². The predicted molar refractivity (Wildman–Crippen MR) is 121 cm³/mol. The molecule has 2 heterocycles. The van der Waals surface area contributed by atoms with Crippen molar-refractivity contribution in [3.05, 3.63) is 56.1 Å². The zero-order chi connectivity index (χ0) is 22.2. The molecule has 0 spiro atoms. The van der Waals surface area contributed by atoms with Crippen LogP contribution in [0.5, 0.6) is 0 Å². The highest BCUT2D eigenvalue weighted by molar-refractivity contribution is 8.00. The SMILES string of the molecule is CCCn1c(SC(C)C(=O)c2[nH]c(C)c(C(C)=O)c2C)nc2cc(Cl)ccc2c1=O. The normalized spacial score (nSPS) is 12.3. The van der Waals surface area contributed by atoms with Gasteiger partial charge in [0.1, 0.15) is 0 Å². The van der Waals surface area contributed by atoms with Gasteiger partial charge in [-0.05, 0) is 57.9 Å². The zero-order valence-electron chi connectivity index (χ0n) is 17.6. The number of hydrogen-bond donors (Lipinski definition) is 1. The third kappa shape index (κ3) is 4.09. The molecule has 0 saturated heterocycles. The van der Waals surface area contributed by atoms with Crippen LogP contribution < -0.4 is 5.56 Å². The van der Waals surface area contributed by atoms with Crippen LogP contribution in [0.25, 0.3) is 10.9 Å². The first kappa shape index (κ1) is 22.3. The van der Waals surface area contributed by atoms with Gasteiger partial charge in [0.25, 0.3) is 5.56 Å². The Hall–Kier alpha value is -2.38. The molecule has 3 aromatic rings. The molecule has 30 heavy (non-hydrogen) atoms. The quantitative estimate of drug-likeness (QED) is 0.315. The average Bonchev–Trinajstić information content (AvgIpc) is 2.98. The number of fused-ring (bicyclic) bond motifs is 1. The van der Waals surface area contributed by atoms with Gasteiger partial charge in [-0.2, -0.15) is 0 Å². The molecule has 3 rings (SSSR count). The molecule has 0 fully saturated rings. The Bertz CT molecular complexity index is 1210. The molecule has 0 aliphatic heterocycles. The first-order valence-corrected chi connectivity index (χ1v) is 11.0. The summed E-state index contributed by atoms with van der Waals surface area (Å²) in [4.78, 5) is 45.7. The number of carbonyl (C=O) groups excluding carboxylic acids is 2. The lowest BCUT2D eigenvalue weighted by atomic mass is 10.0. The first-order chi connectivity index (χ1) is 14.1. The molecular formula is C22H24ClN3O3S. The number of halogens is 1. The van der Waals surface area contributed by atoms with Gasteiger partial charge in [0.05, 0.1) is 21.8 Å². The van der Waals surface area contributed by atoms with Gasteiger partial charge < -0.3 is 4.98 Å². The second-order valence-corrected chi connectivity index (χ2v) is 9.06. The third-order valence-electron chi connectivity index (χ3n) is 5.02. The molecule has 8 heteroatoms. The van der Waals surface area contributed by atoms with Crippen molar-refractivity contribution in [1.82, 2.24) is 14.5 Å². The maximum absolute atomic E-state index is 13.1. The van der Waals surface area contributed by atoms with Crippen LogP contribution in [0.3, 0.4) is 0 Å². The fourth-order valence-electron chi connectivity index (χ4n) is 3.62. The summed E-state index contributed by atoms with van der Waals surface area (Å²) in [6.07, 6.45) is 0.757. The summed E-state index contributed by atoms with van der Waals surface area (Å²) in [5.41, 5.74) is 2.67. The molecule has 0 aliphatic carbocycles. The Labute approximate surface area is 184 Å². The van der Waals surface area contributed by atoms with Crippen molar-refractivity contribution < 1.29 is 9.59 Å². The minimum absolute atomic E-state index is 0.0783. The number of Topliss-reactive ketones (excluding diaryl/α,β-unsaturated/α-hetero) is 2. The number of benzene rings is 1. The summed E-state index contributed by atoms with van der Waals surface area (Å²) in [6.45, 7) is 9.31. The van der Waals surface area contributed by atoms with Crippen LogP contribution in [0.2, 0.25) is 5.02 Å². The van der Waals surface area contributed by atoms with Crippen LogP contribution in [0.1, 0.15) is 59.3 Å². The van der Waals surface area contributed by atoms with E-state index in [9.17, 15) is 14.4 Å². The van der Waals surface area contributed by atoms with E-state index < -0.39 is 5.25 Å². The monoisotopic (exact) mass is 445 g/mol. The standard InChI is InChI=1S/C22H24ClN3O3S/c1-6-9-26-21(29)16-8-7-15(23)10-17(16)25-22(26)30-14(5)20(28)19-11(2)18(13(4)27)12(3)24-19/h7-8,10,14,24H,6,9H2,1-5H3. The van der Waals surface area contributed by atoms with Gasteiger partial charge >= 0.3 is 0 Å². The number of H-pyrrole nitrogens is 1. The van der Waals surface area contributed by atoms with Gasteiger partial charge in [-0.3, -0.25) is 19.0 Å². The van der Waals surface area contributed by atoms with E-state index in [0.29, 0.717) is 50.1 Å². The minimum atomic E-state index is -0.506. The number of nitrogens with one attached hydrogen (secondary N) is 1. The van der Waals surface area contributed by atoms with Crippen molar-refractivity contribution >= 4 is 45.8 Å². The van der Waals surface area contributed by atoms with Gasteiger partial charge in [0.15, 0.2) is 16.7 Å². The van der Waals surface area contributed by atoms with E-state index in [-0.39, 0.29) is 17.1 Å². The molecule has 0 amide bonds. The van der Waals surface area contributed by atoms with E-state index >= 15 is 0 Å². The number of rotatable bonds is 7. The highest BCUT2D eigenvalue weighted by Gasteiger charge is 2.26. The van der Waals surface area contributed by atoms with Gasteiger partial charge in [0.2, 0.25) is 0 Å². The molecule has 0 aliphatic rings. The van der Waals surface area contributed by atoms with E-state index in [1.165, 1.54) is 18.7 Å². The maximum atomic E-state index is 13.1. The van der Waals surface area contributed by atoms with Crippen LogP contribution >= 0.6 is 23.4 Å². The third-order valence-corrected chi connectivity index (χ3v) is 6.34. The molecule has 0 bridgehead atoms. The highest BCUT2D eigenvalue weighted by Crippen LogP contribution is 2.28. The second kappa shape index (κ2) is 8.78. The molecule has 1 N–H and O–H groups in total. The van der Waals surface area contributed by atoms with E-state index in [4.69, 9.17) is 11.6 Å². The summed E-state index contributed by atoms with van der Waals surface area (Å²) in [5.74, 6) is -0.220. The van der Waals surface area contributed by atoms with E-state index in [1.807, 2.05) is 6.92 Å². The van der Waals surface area contributed by atoms with Crippen molar-refractivity contribution in [3.63, 3.8) is 0 Å². The lowest BCUT2D eigenvalue weighted by Crippen LogP contribution is -2.25. The average molecular weight is 446 g/mol. The number of thioether (sulfide) groups is 1. The summed E-state index contributed by atoms with van der Waals surface area (Å²) >= 11 is 7.31. The number of ketones is 2. The molecule has 1 unspecified atom stereocenters. The predicted octanol–water partition coefficient (Wildman–Crippen LogP) is 4.97. The highest BCUT2D eigenvalue weighted by atomic mass is 35.5. The van der Waals surface area contributed by atoms with Gasteiger partial charge in [-0.1, -0.05) is 30.3 Å². The zero-order valence-corrected chi connectivity index (χ0v) is 19.2. The number of aromatic nitrogens is 3. The van der Waals surface area contributed by atoms with Crippen molar-refractivity contribution in [2.45, 2.75) is 58.0 Å². The topological polar surface area (TPSA) is 84.8 Å². The van der Waals surface area contributed by atoms with Crippen molar-refractivity contribution in [3.8, 4) is 0 Å². The van der Waals surface area contributed by atoms with Crippen LogP contribution in [0, 0.1) is 13.8 Å². The summed E-state index contributed by atoms with van der Waals surface area (Å²) in [7, 11) is 0. The summed E-state index contributed by atoms with van der Waals surface area (Å²) < 4.78 is 1.61. The Morgan fingerprint density at radius 3 is 2.60 bits per heavy atom. The summed E-state index contributed by atoms with van der Waals surface area (Å²) in [5, 5.41) is 0.966. The Morgan fingerprint density at radius 1 is 1.30 bits per heavy atom. The number of nitrogens with zero attached hydrogens (tertiary/aromatic N) is 2. The molecule has 158 valence electrons. The molecule has 2 aromatic heterocycles. The Morgan fingerprint density at radius 2 is 2.00 bits per heavy atom. The first-order valence-electron chi connectivity index (χ1n) is 9.76. The van der Waals surface area contributed by atoms with E-state index in [1.54, 1.807) is 43.5 Å². The van der Waals surface area contributed by atoms with Crippen molar-refractivity contribution in [2.24, 2.45) is 0 Å². The Kier molecular flexibility index (Phi) is 6.53. The second-order valence-electron chi connectivity index (χ2n) is 7.32. The molecule has 1 aromatic carbocycles. The molecule has 0 saturated carbocycles. The van der Waals surface area contributed by atoms with Crippen LogP contribution in [-0.4, -0.2) is 31.4 Å². The smallest absolute Gasteiger partial charge is 0.262 e. The fourth-order valence-corrected chi connectivity index (χ4v) is 4.78. The largest absolute Gasteiger partial charge is 0.355 e. The molecule has 0 radical (unpaired) electrons.